The van der Waals surface area contributed by atoms with Gasteiger partial charge in [-0.1, -0.05) is 23.9 Å². The van der Waals surface area contributed by atoms with Crippen LogP contribution in [-0.4, -0.2) is 15.8 Å². The van der Waals surface area contributed by atoms with Gasteiger partial charge in [0, 0.05) is 23.1 Å². The Morgan fingerprint density at radius 3 is 2.79 bits per heavy atom. The number of non-ortho nitro benzene ring substituents is 1. The van der Waals surface area contributed by atoms with Crippen molar-refractivity contribution in [1.82, 2.24) is 4.98 Å². The van der Waals surface area contributed by atoms with Crippen molar-refractivity contribution in [2.45, 2.75) is 9.24 Å². The van der Waals surface area contributed by atoms with Crippen LogP contribution in [0, 0.1) is 10.1 Å². The highest BCUT2D eigenvalue weighted by Gasteiger charge is 2.12. The minimum Gasteiger partial charge on any atom is -0.366 e. The number of benzene rings is 2. The van der Waals surface area contributed by atoms with E-state index in [1.807, 2.05) is 24.3 Å². The van der Waals surface area contributed by atoms with E-state index in [1.54, 1.807) is 6.07 Å². The fourth-order valence-electron chi connectivity index (χ4n) is 2.03. The van der Waals surface area contributed by atoms with Gasteiger partial charge in [0.2, 0.25) is 5.91 Å². The molecule has 0 aliphatic heterocycles. The van der Waals surface area contributed by atoms with Crippen LogP contribution < -0.4 is 5.73 Å². The van der Waals surface area contributed by atoms with Crippen LogP contribution in [0.3, 0.4) is 0 Å². The smallest absolute Gasteiger partial charge is 0.270 e. The molecule has 0 aliphatic carbocycles. The summed E-state index contributed by atoms with van der Waals surface area (Å²) < 4.78 is 1.88. The van der Waals surface area contributed by atoms with Gasteiger partial charge in [0.25, 0.3) is 5.69 Å². The number of carbonyl (C=O) groups excluding carboxylic acids is 1. The van der Waals surface area contributed by atoms with E-state index in [1.165, 1.54) is 47.4 Å². The molecule has 1 heterocycles. The maximum Gasteiger partial charge on any atom is 0.270 e. The molecule has 1 aromatic heterocycles. The molecule has 3 rings (SSSR count). The first-order chi connectivity index (χ1) is 11.5. The number of carbonyl (C=O) groups is 1. The van der Waals surface area contributed by atoms with Crippen LogP contribution in [0.2, 0.25) is 0 Å². The van der Waals surface area contributed by atoms with Crippen LogP contribution in [0.4, 0.5) is 5.69 Å². The van der Waals surface area contributed by atoms with E-state index in [-0.39, 0.29) is 5.69 Å². The van der Waals surface area contributed by atoms with E-state index in [2.05, 4.69) is 4.98 Å². The van der Waals surface area contributed by atoms with E-state index < -0.39 is 10.8 Å². The first-order valence-electron chi connectivity index (χ1n) is 6.82. The first-order valence-corrected chi connectivity index (χ1v) is 8.45. The summed E-state index contributed by atoms with van der Waals surface area (Å²) in [5.41, 5.74) is 6.52. The molecule has 0 fully saturated rings. The van der Waals surface area contributed by atoms with Crippen LogP contribution in [0.25, 0.3) is 16.3 Å². The minimum atomic E-state index is -0.613. The van der Waals surface area contributed by atoms with Crippen LogP contribution in [0.15, 0.2) is 57.8 Å². The average Bonchev–Trinajstić information content (AvgIpc) is 2.95. The lowest BCUT2D eigenvalue weighted by molar-refractivity contribution is -0.384. The predicted octanol–water partition coefficient (Wildman–Crippen LogP) is 3.85. The molecule has 1 amide bonds. The Bertz CT molecular complexity index is 933. The number of para-hydroxylation sites is 1. The monoisotopic (exact) mass is 357 g/mol. The number of hydrogen-bond donors (Lipinski definition) is 1. The quantitative estimate of drug-likeness (QED) is 0.425. The summed E-state index contributed by atoms with van der Waals surface area (Å²) in [6.45, 7) is 0. The molecule has 120 valence electrons. The molecule has 0 saturated heterocycles. The van der Waals surface area contributed by atoms with Gasteiger partial charge in [-0.15, -0.1) is 11.3 Å². The largest absolute Gasteiger partial charge is 0.366 e. The highest BCUT2D eigenvalue weighted by atomic mass is 32.2. The van der Waals surface area contributed by atoms with E-state index in [9.17, 15) is 14.9 Å². The van der Waals surface area contributed by atoms with Gasteiger partial charge >= 0.3 is 0 Å². The number of rotatable bonds is 5. The number of nitrogens with zero attached hydrogens (tertiary/aromatic N) is 2. The average molecular weight is 357 g/mol. The topological polar surface area (TPSA) is 99.1 Å². The van der Waals surface area contributed by atoms with Gasteiger partial charge in [-0.05, 0) is 29.8 Å². The Morgan fingerprint density at radius 1 is 1.29 bits per heavy atom. The lowest BCUT2D eigenvalue weighted by atomic mass is 10.2. The molecule has 0 radical (unpaired) electrons. The molecule has 24 heavy (non-hydrogen) atoms. The second kappa shape index (κ2) is 6.81. The molecule has 0 spiro atoms. The summed E-state index contributed by atoms with van der Waals surface area (Å²) in [5, 5.41) is 11.0. The van der Waals surface area contributed by atoms with Crippen molar-refractivity contribution in [3.05, 3.63) is 64.2 Å². The van der Waals surface area contributed by atoms with Gasteiger partial charge in [0.05, 0.1) is 15.1 Å². The summed E-state index contributed by atoms with van der Waals surface area (Å²) in [6, 6.07) is 12.3. The number of primary amides is 1. The standard InChI is InChI=1S/C16H11N3O3S2/c17-15(20)8-5-10-9-11(19(21)22)6-7-13(10)23-16-18-12-3-1-2-4-14(12)24-16/h1-9H,(H2,17,20)/b8-5-. The lowest BCUT2D eigenvalue weighted by Gasteiger charge is -2.03. The van der Waals surface area contributed by atoms with Crippen LogP contribution in [-0.2, 0) is 4.79 Å². The molecule has 2 N–H and O–H groups in total. The number of thiazole rings is 1. The molecule has 0 aliphatic rings. The third kappa shape index (κ3) is 3.61. The minimum absolute atomic E-state index is 0.0484. The molecule has 0 unspecified atom stereocenters. The lowest BCUT2D eigenvalue weighted by Crippen LogP contribution is -2.05. The van der Waals surface area contributed by atoms with Crippen molar-refractivity contribution in [2.75, 3.05) is 0 Å². The van der Waals surface area contributed by atoms with Crippen LogP contribution in [0.1, 0.15) is 5.56 Å². The zero-order chi connectivity index (χ0) is 17.1. The van der Waals surface area contributed by atoms with Gasteiger partial charge in [-0.25, -0.2) is 4.98 Å². The predicted molar refractivity (Wildman–Crippen MR) is 95.1 cm³/mol. The SMILES string of the molecule is NC(=O)/C=C\c1cc([N+](=O)[O-])ccc1Sc1nc2ccccc2s1. The highest BCUT2D eigenvalue weighted by Crippen LogP contribution is 2.37. The molecule has 3 aromatic rings. The molecule has 0 bridgehead atoms. The van der Waals surface area contributed by atoms with Gasteiger partial charge in [-0.3, -0.25) is 14.9 Å². The Kier molecular flexibility index (Phi) is 4.59. The van der Waals surface area contributed by atoms with E-state index in [4.69, 9.17) is 5.73 Å². The van der Waals surface area contributed by atoms with Crippen molar-refractivity contribution in [3.63, 3.8) is 0 Å². The molecule has 6 nitrogen and oxygen atoms in total. The van der Waals surface area contributed by atoms with Crippen LogP contribution in [0.5, 0.6) is 0 Å². The number of nitrogens with two attached hydrogens (primary N) is 1. The van der Waals surface area contributed by atoms with E-state index in [0.717, 1.165) is 19.5 Å². The number of hydrogen-bond acceptors (Lipinski definition) is 6. The maximum absolute atomic E-state index is 11.0. The Hall–Kier alpha value is -2.71. The number of nitro benzene ring substituents is 1. The Balaban J connectivity index is 1.99. The van der Waals surface area contributed by atoms with E-state index >= 15 is 0 Å². The highest BCUT2D eigenvalue weighted by molar-refractivity contribution is 8.01. The molecular weight excluding hydrogens is 346 g/mol. The number of aromatic nitrogens is 1. The van der Waals surface area contributed by atoms with Gasteiger partial charge < -0.3 is 5.73 Å². The normalized spacial score (nSPS) is 11.2. The van der Waals surface area contributed by atoms with Crippen molar-refractivity contribution >= 4 is 51.0 Å². The Labute approximate surface area is 145 Å². The third-order valence-corrected chi connectivity index (χ3v) is 5.29. The van der Waals surface area contributed by atoms with Gasteiger partial charge in [-0.2, -0.15) is 0 Å². The zero-order valence-corrected chi connectivity index (χ0v) is 13.8. The van der Waals surface area contributed by atoms with Crippen LogP contribution >= 0.6 is 23.1 Å². The summed E-state index contributed by atoms with van der Waals surface area (Å²) in [5.74, 6) is -0.613. The molecule has 8 heteroatoms. The zero-order valence-electron chi connectivity index (χ0n) is 12.2. The summed E-state index contributed by atoms with van der Waals surface area (Å²) >= 11 is 2.93. The summed E-state index contributed by atoms with van der Waals surface area (Å²) in [4.78, 5) is 26.7. The van der Waals surface area contributed by atoms with E-state index in [0.29, 0.717) is 5.56 Å². The molecular formula is C16H11N3O3S2. The fraction of sp³-hybridized carbons (Fsp3) is 0. The second-order valence-corrected chi connectivity index (χ2v) is 7.08. The number of nitro groups is 1. The first kappa shape index (κ1) is 16.2. The van der Waals surface area contributed by atoms with Crippen molar-refractivity contribution in [1.29, 1.82) is 0 Å². The van der Waals surface area contributed by atoms with Crippen molar-refractivity contribution < 1.29 is 9.72 Å². The van der Waals surface area contributed by atoms with Gasteiger partial charge in [0.15, 0.2) is 4.34 Å². The van der Waals surface area contributed by atoms with Crippen molar-refractivity contribution in [2.24, 2.45) is 5.73 Å². The molecule has 0 saturated carbocycles. The van der Waals surface area contributed by atoms with Gasteiger partial charge in [0.1, 0.15) is 0 Å². The summed E-state index contributed by atoms with van der Waals surface area (Å²) in [6.07, 6.45) is 2.66. The molecule has 2 aromatic carbocycles. The second-order valence-electron chi connectivity index (χ2n) is 4.76. The van der Waals surface area contributed by atoms with Crippen molar-refractivity contribution in [3.8, 4) is 0 Å². The number of fused-ring (bicyclic) bond motifs is 1. The Morgan fingerprint density at radius 2 is 2.08 bits per heavy atom. The fourth-order valence-corrected chi connectivity index (χ4v) is 4.15. The molecule has 0 atom stereocenters. The maximum atomic E-state index is 11.0. The third-order valence-electron chi connectivity index (χ3n) is 3.10. The number of amides is 1. The summed E-state index contributed by atoms with van der Waals surface area (Å²) in [7, 11) is 0.